The summed E-state index contributed by atoms with van der Waals surface area (Å²) in [5.41, 5.74) is 2.93. The fourth-order valence-corrected chi connectivity index (χ4v) is 3.61. The smallest absolute Gasteiger partial charge is 0.225 e. The maximum atomic E-state index is 6.01. The Balaban J connectivity index is 1.41. The zero-order valence-corrected chi connectivity index (χ0v) is 15.9. The number of piperazine rings is 1. The van der Waals surface area contributed by atoms with Gasteiger partial charge in [0.1, 0.15) is 5.52 Å². The van der Waals surface area contributed by atoms with E-state index in [-0.39, 0.29) is 0 Å². The molecule has 0 aliphatic carbocycles. The summed E-state index contributed by atoms with van der Waals surface area (Å²) in [5, 5.41) is 5.42. The molecule has 0 spiro atoms. The summed E-state index contributed by atoms with van der Waals surface area (Å²) >= 11 is 6.01. The van der Waals surface area contributed by atoms with Crippen LogP contribution in [0.4, 0.5) is 11.8 Å². The van der Waals surface area contributed by atoms with Gasteiger partial charge in [0.15, 0.2) is 5.82 Å². The van der Waals surface area contributed by atoms with Crippen LogP contribution in [0.5, 0.6) is 0 Å². The number of benzene rings is 1. The Hall–Kier alpha value is -3.19. The van der Waals surface area contributed by atoms with Crippen molar-refractivity contribution in [3.63, 3.8) is 0 Å². The SMILES string of the molecule is Clc1ccc(-c2cc3c(N4CCN(c5ncccn5)CC4)nccn3n2)cc1. The topological polar surface area (TPSA) is 62.5 Å². The van der Waals surface area contributed by atoms with E-state index >= 15 is 0 Å². The highest BCUT2D eigenvalue weighted by atomic mass is 35.5. The molecule has 1 saturated heterocycles. The zero-order chi connectivity index (χ0) is 18.9. The molecule has 4 aromatic rings. The molecular weight excluding hydrogens is 374 g/mol. The summed E-state index contributed by atoms with van der Waals surface area (Å²) in [5.74, 6) is 1.73. The molecule has 28 heavy (non-hydrogen) atoms. The Morgan fingerprint density at radius 2 is 1.54 bits per heavy atom. The van der Waals surface area contributed by atoms with E-state index in [1.54, 1.807) is 18.6 Å². The fourth-order valence-electron chi connectivity index (χ4n) is 3.49. The van der Waals surface area contributed by atoms with Gasteiger partial charge in [-0.1, -0.05) is 23.7 Å². The summed E-state index contributed by atoms with van der Waals surface area (Å²) < 4.78 is 1.89. The van der Waals surface area contributed by atoms with E-state index in [0.29, 0.717) is 0 Å². The molecule has 0 radical (unpaired) electrons. The van der Waals surface area contributed by atoms with Crippen LogP contribution in [0.3, 0.4) is 0 Å². The van der Waals surface area contributed by atoms with Crippen molar-refractivity contribution in [2.75, 3.05) is 36.0 Å². The monoisotopic (exact) mass is 391 g/mol. The second-order valence-electron chi connectivity index (χ2n) is 6.64. The lowest BCUT2D eigenvalue weighted by Gasteiger charge is -2.35. The highest BCUT2D eigenvalue weighted by molar-refractivity contribution is 6.30. The molecule has 1 aromatic carbocycles. The first-order valence-electron chi connectivity index (χ1n) is 9.15. The minimum Gasteiger partial charge on any atom is -0.351 e. The standard InChI is InChI=1S/C20H18ClN7/c21-16-4-2-15(3-5-16)17-14-18-19(22-8-9-28(18)25-17)26-10-12-27(13-11-26)20-23-6-1-7-24-20/h1-9,14H,10-13H2. The molecule has 0 amide bonds. The molecule has 140 valence electrons. The highest BCUT2D eigenvalue weighted by Gasteiger charge is 2.22. The maximum Gasteiger partial charge on any atom is 0.225 e. The van der Waals surface area contributed by atoms with Crippen LogP contribution in [-0.2, 0) is 0 Å². The molecule has 3 aromatic heterocycles. The first kappa shape index (κ1) is 16.9. The van der Waals surface area contributed by atoms with Crippen LogP contribution in [-0.4, -0.2) is 50.7 Å². The number of anilines is 2. The van der Waals surface area contributed by atoms with Crippen LogP contribution in [0, 0.1) is 0 Å². The van der Waals surface area contributed by atoms with Gasteiger partial charge in [0.05, 0.1) is 5.69 Å². The molecule has 0 unspecified atom stereocenters. The Labute approximate surface area is 167 Å². The third kappa shape index (κ3) is 3.14. The summed E-state index contributed by atoms with van der Waals surface area (Å²) in [6.45, 7) is 3.41. The number of fused-ring (bicyclic) bond motifs is 1. The van der Waals surface area contributed by atoms with Crippen molar-refractivity contribution in [1.29, 1.82) is 0 Å². The lowest BCUT2D eigenvalue weighted by molar-refractivity contribution is 0.634. The number of rotatable bonds is 3. The van der Waals surface area contributed by atoms with Crippen molar-refractivity contribution < 1.29 is 0 Å². The number of hydrogen-bond donors (Lipinski definition) is 0. The molecule has 1 fully saturated rings. The van der Waals surface area contributed by atoms with Crippen LogP contribution in [0.25, 0.3) is 16.8 Å². The number of hydrogen-bond acceptors (Lipinski definition) is 6. The third-order valence-corrected chi connectivity index (χ3v) is 5.18. The zero-order valence-electron chi connectivity index (χ0n) is 15.1. The molecular formula is C20H18ClN7. The molecule has 7 nitrogen and oxygen atoms in total. The molecule has 1 aliphatic rings. The van der Waals surface area contributed by atoms with Gasteiger partial charge < -0.3 is 9.80 Å². The van der Waals surface area contributed by atoms with E-state index in [4.69, 9.17) is 16.7 Å². The maximum absolute atomic E-state index is 6.01. The van der Waals surface area contributed by atoms with Crippen molar-refractivity contribution in [1.82, 2.24) is 24.6 Å². The molecule has 1 aliphatic heterocycles. The van der Waals surface area contributed by atoms with E-state index in [0.717, 1.165) is 59.7 Å². The Morgan fingerprint density at radius 1 is 0.821 bits per heavy atom. The average molecular weight is 392 g/mol. The molecule has 4 heterocycles. The van der Waals surface area contributed by atoms with E-state index in [9.17, 15) is 0 Å². The Morgan fingerprint density at radius 3 is 2.29 bits per heavy atom. The van der Waals surface area contributed by atoms with E-state index in [1.807, 2.05) is 41.0 Å². The minimum absolute atomic E-state index is 0.718. The van der Waals surface area contributed by atoms with Crippen LogP contribution in [0.15, 0.2) is 61.2 Å². The Kier molecular flexibility index (Phi) is 4.29. The Bertz CT molecular complexity index is 1090. The lowest BCUT2D eigenvalue weighted by Crippen LogP contribution is -2.47. The number of nitrogens with zero attached hydrogens (tertiary/aromatic N) is 7. The summed E-state index contributed by atoms with van der Waals surface area (Å²) in [7, 11) is 0. The molecule has 0 bridgehead atoms. The van der Waals surface area contributed by atoms with Crippen molar-refractivity contribution >= 4 is 28.9 Å². The lowest BCUT2D eigenvalue weighted by atomic mass is 10.1. The van der Waals surface area contributed by atoms with Crippen LogP contribution in [0.2, 0.25) is 5.02 Å². The van der Waals surface area contributed by atoms with Crippen LogP contribution >= 0.6 is 11.6 Å². The molecule has 0 saturated carbocycles. The summed E-state index contributed by atoms with van der Waals surface area (Å²) in [6, 6.07) is 11.6. The minimum atomic E-state index is 0.718. The second-order valence-corrected chi connectivity index (χ2v) is 7.08. The predicted octanol–water partition coefficient (Wildman–Crippen LogP) is 3.17. The predicted molar refractivity (Wildman–Crippen MR) is 110 cm³/mol. The quantitative estimate of drug-likeness (QED) is 0.534. The second kappa shape index (κ2) is 7.09. The van der Waals surface area contributed by atoms with Gasteiger partial charge in [-0.3, -0.25) is 0 Å². The molecule has 0 atom stereocenters. The van der Waals surface area contributed by atoms with Gasteiger partial charge in [-0.05, 0) is 24.3 Å². The molecule has 5 rings (SSSR count). The van der Waals surface area contributed by atoms with Crippen molar-refractivity contribution in [3.05, 3.63) is 66.2 Å². The van der Waals surface area contributed by atoms with Gasteiger partial charge in [-0.15, -0.1) is 0 Å². The van der Waals surface area contributed by atoms with Gasteiger partial charge in [0.25, 0.3) is 0 Å². The fraction of sp³-hybridized carbons (Fsp3) is 0.200. The molecule has 8 heteroatoms. The molecule has 0 N–H and O–H groups in total. The third-order valence-electron chi connectivity index (χ3n) is 4.92. The van der Waals surface area contributed by atoms with E-state index in [2.05, 4.69) is 30.8 Å². The van der Waals surface area contributed by atoms with Crippen molar-refractivity contribution in [2.24, 2.45) is 0 Å². The largest absolute Gasteiger partial charge is 0.351 e. The summed E-state index contributed by atoms with van der Waals surface area (Å²) in [4.78, 5) is 17.8. The average Bonchev–Trinajstić information content (AvgIpc) is 3.19. The summed E-state index contributed by atoms with van der Waals surface area (Å²) in [6.07, 6.45) is 7.24. The first-order valence-corrected chi connectivity index (χ1v) is 9.53. The van der Waals surface area contributed by atoms with Gasteiger partial charge in [0.2, 0.25) is 5.95 Å². The number of aromatic nitrogens is 5. The first-order chi connectivity index (χ1) is 13.8. The van der Waals surface area contributed by atoms with E-state index < -0.39 is 0 Å². The van der Waals surface area contributed by atoms with Crippen LogP contribution in [0.1, 0.15) is 0 Å². The van der Waals surface area contributed by atoms with Crippen molar-refractivity contribution in [3.8, 4) is 11.3 Å². The highest BCUT2D eigenvalue weighted by Crippen LogP contribution is 2.26. The van der Waals surface area contributed by atoms with Gasteiger partial charge in [0, 0.05) is 61.6 Å². The number of halogens is 1. The van der Waals surface area contributed by atoms with Gasteiger partial charge in [-0.2, -0.15) is 5.10 Å². The van der Waals surface area contributed by atoms with E-state index in [1.165, 1.54) is 0 Å². The van der Waals surface area contributed by atoms with Crippen LogP contribution < -0.4 is 9.80 Å². The van der Waals surface area contributed by atoms with Gasteiger partial charge >= 0.3 is 0 Å². The normalized spacial score (nSPS) is 14.6. The van der Waals surface area contributed by atoms with Crippen molar-refractivity contribution in [2.45, 2.75) is 0 Å². The van der Waals surface area contributed by atoms with Gasteiger partial charge in [-0.25, -0.2) is 19.5 Å².